The molecule has 0 fully saturated rings. The first kappa shape index (κ1) is 12.9. The average molecular weight is 247 g/mol. The molecule has 1 atom stereocenters. The summed E-state index contributed by atoms with van der Waals surface area (Å²) in [5.41, 5.74) is -0.247. The van der Waals surface area contributed by atoms with E-state index < -0.39 is 0 Å². The van der Waals surface area contributed by atoms with E-state index in [1.165, 1.54) is 11.5 Å². The fourth-order valence-electron chi connectivity index (χ4n) is 0.858. The van der Waals surface area contributed by atoms with Crippen LogP contribution < -0.4 is 5.32 Å². The van der Waals surface area contributed by atoms with Crippen molar-refractivity contribution in [2.75, 3.05) is 19.4 Å². The van der Waals surface area contributed by atoms with Crippen LogP contribution in [0.2, 0.25) is 0 Å². The molecule has 2 N–H and O–H groups in total. The average Bonchev–Trinajstić information content (AvgIpc) is 2.74. The number of nitrogens with one attached hydrogen (secondary N) is 1. The van der Waals surface area contributed by atoms with Gasteiger partial charge in [0.2, 0.25) is 0 Å². The number of thioether (sulfide) groups is 1. The van der Waals surface area contributed by atoms with Gasteiger partial charge in [-0.15, -0.1) is 0 Å². The Hall–Kier alpha value is -0.170. The minimum Gasteiger partial charge on any atom is -0.394 e. The molecule has 4 nitrogen and oxygen atoms in total. The van der Waals surface area contributed by atoms with Crippen molar-refractivity contribution in [2.24, 2.45) is 0 Å². The molecule has 1 aromatic rings. The molecule has 0 aliphatic carbocycles. The van der Waals surface area contributed by atoms with Crippen molar-refractivity contribution >= 4 is 23.3 Å². The summed E-state index contributed by atoms with van der Waals surface area (Å²) >= 11 is 3.06. The highest BCUT2D eigenvalue weighted by Gasteiger charge is 2.21. The van der Waals surface area contributed by atoms with Gasteiger partial charge in [-0.1, -0.05) is 18.7 Å². The molecule has 15 heavy (non-hydrogen) atoms. The first-order valence-corrected chi connectivity index (χ1v) is 6.64. The van der Waals surface area contributed by atoms with Crippen LogP contribution in [0.5, 0.6) is 0 Å². The van der Waals surface area contributed by atoms with Gasteiger partial charge in [0.25, 0.3) is 0 Å². The molecule has 1 heterocycles. The van der Waals surface area contributed by atoms with Crippen molar-refractivity contribution in [1.29, 1.82) is 0 Å². The van der Waals surface area contributed by atoms with Crippen LogP contribution in [0.1, 0.15) is 19.7 Å². The Labute approximate surface area is 98.7 Å². The highest BCUT2D eigenvalue weighted by molar-refractivity contribution is 8.01. The van der Waals surface area contributed by atoms with E-state index in [0.29, 0.717) is 0 Å². The van der Waals surface area contributed by atoms with Crippen LogP contribution in [-0.4, -0.2) is 39.4 Å². The van der Waals surface area contributed by atoms with Gasteiger partial charge in [-0.25, -0.2) is 4.98 Å². The largest absolute Gasteiger partial charge is 0.394 e. The summed E-state index contributed by atoms with van der Waals surface area (Å²) < 4.78 is 5.19. The van der Waals surface area contributed by atoms with E-state index in [-0.39, 0.29) is 12.1 Å². The van der Waals surface area contributed by atoms with Gasteiger partial charge in [0.05, 0.1) is 6.61 Å². The summed E-state index contributed by atoms with van der Waals surface area (Å²) in [5, 5.41) is 12.3. The number of likely N-dealkylation sites (N-methyl/N-ethyl adjacent to an activating group) is 1. The Morgan fingerprint density at radius 2 is 2.33 bits per heavy atom. The summed E-state index contributed by atoms with van der Waals surface area (Å²) in [4.78, 5) is 4.36. The van der Waals surface area contributed by atoms with Crippen LogP contribution in [0.15, 0.2) is 4.34 Å². The number of aromatic nitrogens is 2. The third-order valence-electron chi connectivity index (χ3n) is 2.23. The second kappa shape index (κ2) is 5.79. The lowest BCUT2D eigenvalue weighted by Crippen LogP contribution is -2.45. The summed E-state index contributed by atoms with van der Waals surface area (Å²) in [7, 11) is 1.86. The second-order valence-electron chi connectivity index (χ2n) is 3.59. The van der Waals surface area contributed by atoms with Gasteiger partial charge < -0.3 is 10.4 Å². The zero-order chi connectivity index (χ0) is 11.3. The summed E-state index contributed by atoms with van der Waals surface area (Å²) in [6.07, 6.45) is 0.875. The number of nitrogens with zero attached hydrogens (tertiary/aromatic N) is 2. The molecule has 1 aromatic heterocycles. The molecule has 6 heteroatoms. The highest BCUT2D eigenvalue weighted by Crippen LogP contribution is 2.24. The smallest absolute Gasteiger partial charge is 0.170 e. The van der Waals surface area contributed by atoms with E-state index in [1.54, 1.807) is 11.8 Å². The molecule has 0 spiro atoms. The van der Waals surface area contributed by atoms with Crippen molar-refractivity contribution in [3.63, 3.8) is 0 Å². The van der Waals surface area contributed by atoms with Gasteiger partial charge >= 0.3 is 0 Å². The lowest BCUT2D eigenvalue weighted by molar-refractivity contribution is 0.200. The van der Waals surface area contributed by atoms with Gasteiger partial charge in [-0.2, -0.15) is 4.37 Å². The zero-order valence-corrected chi connectivity index (χ0v) is 10.9. The molecule has 0 aliphatic rings. The number of rotatable bonds is 6. The fraction of sp³-hybridized carbons (Fsp3) is 0.778. The van der Waals surface area contributed by atoms with Crippen LogP contribution in [0.3, 0.4) is 0 Å². The first-order chi connectivity index (χ1) is 7.13. The number of aliphatic hydroxyl groups is 1. The molecule has 0 bridgehead atoms. The Kier molecular flexibility index (Phi) is 4.98. The lowest BCUT2D eigenvalue weighted by Gasteiger charge is -2.25. The number of aryl methyl sites for hydroxylation is 1. The van der Waals surface area contributed by atoms with Crippen LogP contribution in [0, 0.1) is 0 Å². The third kappa shape index (κ3) is 3.71. The molecule has 1 rings (SSSR count). The van der Waals surface area contributed by atoms with E-state index in [4.69, 9.17) is 0 Å². The van der Waals surface area contributed by atoms with Crippen molar-refractivity contribution < 1.29 is 5.11 Å². The van der Waals surface area contributed by atoms with E-state index in [9.17, 15) is 5.11 Å². The third-order valence-corrected chi connectivity index (χ3v) is 4.48. The minimum absolute atomic E-state index is 0.121. The predicted octanol–water partition coefficient (Wildman–Crippen LogP) is 1.16. The number of hydrogen-bond acceptors (Lipinski definition) is 6. The molecular weight excluding hydrogens is 230 g/mol. The van der Waals surface area contributed by atoms with Gasteiger partial charge in [0.15, 0.2) is 4.34 Å². The van der Waals surface area contributed by atoms with Crippen molar-refractivity contribution in [1.82, 2.24) is 14.7 Å². The normalized spacial score (nSPS) is 15.2. The molecule has 0 amide bonds. The minimum atomic E-state index is -0.247. The zero-order valence-electron chi connectivity index (χ0n) is 9.28. The maximum Gasteiger partial charge on any atom is 0.170 e. The van der Waals surface area contributed by atoms with E-state index in [2.05, 4.69) is 14.7 Å². The van der Waals surface area contributed by atoms with Gasteiger partial charge in [-0.3, -0.25) is 0 Å². The molecule has 0 aliphatic heterocycles. The summed E-state index contributed by atoms with van der Waals surface area (Å²) in [6.45, 7) is 4.15. The van der Waals surface area contributed by atoms with E-state index >= 15 is 0 Å². The Morgan fingerprint density at radius 1 is 1.60 bits per heavy atom. The summed E-state index contributed by atoms with van der Waals surface area (Å²) in [5.74, 6) is 1.69. The van der Waals surface area contributed by atoms with Crippen LogP contribution in [0.25, 0.3) is 0 Å². The van der Waals surface area contributed by atoms with Crippen molar-refractivity contribution in [3.05, 3.63) is 5.82 Å². The molecule has 86 valence electrons. The highest BCUT2D eigenvalue weighted by atomic mass is 32.2. The van der Waals surface area contributed by atoms with Gasteiger partial charge in [0.1, 0.15) is 5.82 Å². The standard InChI is InChI=1S/C9H17N3OS2/c1-4-7-11-8(15-12-7)14-6-9(2,5-13)10-3/h10,13H,4-6H2,1-3H3. The predicted molar refractivity (Wildman–Crippen MR) is 64.6 cm³/mol. The number of aliphatic hydroxyl groups excluding tert-OH is 1. The maximum atomic E-state index is 9.21. The van der Waals surface area contributed by atoms with E-state index in [1.807, 2.05) is 20.9 Å². The Bertz CT molecular complexity index is 299. The lowest BCUT2D eigenvalue weighted by atomic mass is 10.1. The van der Waals surface area contributed by atoms with Crippen LogP contribution in [-0.2, 0) is 6.42 Å². The van der Waals surface area contributed by atoms with Crippen molar-refractivity contribution in [2.45, 2.75) is 30.1 Å². The monoisotopic (exact) mass is 247 g/mol. The second-order valence-corrected chi connectivity index (χ2v) is 5.56. The SMILES string of the molecule is CCc1nsc(SCC(C)(CO)NC)n1. The van der Waals surface area contributed by atoms with Gasteiger partial charge in [0, 0.05) is 17.7 Å². The van der Waals surface area contributed by atoms with Crippen LogP contribution in [0.4, 0.5) is 0 Å². The van der Waals surface area contributed by atoms with Gasteiger partial charge in [-0.05, 0) is 25.5 Å². The Balaban J connectivity index is 2.49. The number of hydrogen-bond donors (Lipinski definition) is 2. The van der Waals surface area contributed by atoms with Crippen molar-refractivity contribution in [3.8, 4) is 0 Å². The molecular formula is C9H17N3OS2. The maximum absolute atomic E-state index is 9.21. The topological polar surface area (TPSA) is 58.0 Å². The van der Waals surface area contributed by atoms with Crippen LogP contribution >= 0.6 is 23.3 Å². The molecule has 0 radical (unpaired) electrons. The fourth-order valence-corrected chi connectivity index (χ4v) is 2.70. The molecule has 1 unspecified atom stereocenters. The molecule has 0 saturated carbocycles. The quantitative estimate of drug-likeness (QED) is 0.739. The first-order valence-electron chi connectivity index (χ1n) is 4.88. The molecule has 0 saturated heterocycles. The Morgan fingerprint density at radius 3 is 2.80 bits per heavy atom. The van der Waals surface area contributed by atoms with E-state index in [0.717, 1.165) is 22.3 Å². The summed E-state index contributed by atoms with van der Waals surface area (Å²) in [6, 6.07) is 0. The molecule has 0 aromatic carbocycles.